The summed E-state index contributed by atoms with van der Waals surface area (Å²) in [4.78, 5) is 1.06. The van der Waals surface area contributed by atoms with Crippen molar-refractivity contribution in [3.8, 4) is 11.6 Å². The van der Waals surface area contributed by atoms with Crippen LogP contribution in [0, 0.1) is 16.4 Å². The van der Waals surface area contributed by atoms with Gasteiger partial charge >= 0.3 is 0 Å². The van der Waals surface area contributed by atoms with Crippen LogP contribution >= 0.6 is 12.2 Å². The third kappa shape index (κ3) is 3.71. The fraction of sp³-hybridized carbons (Fsp3) is 0.333. The average Bonchev–Trinajstić information content (AvgIpc) is 3.32. The normalized spacial score (nSPS) is 16.2. The summed E-state index contributed by atoms with van der Waals surface area (Å²) in [5.41, 5.74) is 0. The Morgan fingerprint density at radius 3 is 2.37 bits per heavy atom. The Bertz CT molecular complexity index is 1190. The van der Waals surface area contributed by atoms with Crippen molar-refractivity contribution in [3.05, 3.63) is 53.0 Å². The number of halogens is 2. The third-order valence-electron chi connectivity index (χ3n) is 4.96. The summed E-state index contributed by atoms with van der Waals surface area (Å²) in [5.74, 6) is -1.02. The standard InChI is InChI=1S/C18H19F2N5O3S2/c1-22-17(15-6-3-11-28-15)21-25(18(22)29)12-23-7-9-24(10-8-23)30(26,27)16-13(19)4-2-5-14(16)20/h2-6,11H,7-10,12H2,1H3. The Balaban J connectivity index is 1.47. The summed E-state index contributed by atoms with van der Waals surface area (Å²) in [7, 11) is -2.47. The van der Waals surface area contributed by atoms with E-state index in [1.165, 1.54) is 0 Å². The van der Waals surface area contributed by atoms with Crippen molar-refractivity contribution < 1.29 is 21.6 Å². The van der Waals surface area contributed by atoms with Crippen LogP contribution in [0.2, 0.25) is 0 Å². The highest BCUT2D eigenvalue weighted by Gasteiger charge is 2.33. The SMILES string of the molecule is Cn1c(-c2ccco2)nn(CN2CCN(S(=O)(=O)c3c(F)cccc3F)CC2)c1=S. The summed E-state index contributed by atoms with van der Waals surface area (Å²) >= 11 is 5.44. The van der Waals surface area contributed by atoms with Crippen LogP contribution < -0.4 is 0 Å². The number of nitrogens with zero attached hydrogens (tertiary/aromatic N) is 5. The Hall–Kier alpha value is -2.41. The van der Waals surface area contributed by atoms with Gasteiger partial charge in [-0.25, -0.2) is 21.9 Å². The van der Waals surface area contributed by atoms with Gasteiger partial charge in [0.1, 0.15) is 11.6 Å². The number of rotatable bonds is 5. The molecular formula is C18H19F2N5O3S2. The Morgan fingerprint density at radius 2 is 1.77 bits per heavy atom. The van der Waals surface area contributed by atoms with Crippen LogP contribution in [-0.2, 0) is 23.7 Å². The van der Waals surface area contributed by atoms with Gasteiger partial charge in [0.15, 0.2) is 21.3 Å². The third-order valence-corrected chi connectivity index (χ3v) is 7.40. The van der Waals surface area contributed by atoms with Crippen LogP contribution in [0.1, 0.15) is 0 Å². The quantitative estimate of drug-likeness (QED) is 0.550. The highest BCUT2D eigenvalue weighted by Crippen LogP contribution is 2.24. The largest absolute Gasteiger partial charge is 0.461 e. The zero-order valence-corrected chi connectivity index (χ0v) is 17.7. The Morgan fingerprint density at radius 1 is 1.10 bits per heavy atom. The topological polar surface area (TPSA) is 76.5 Å². The van der Waals surface area contributed by atoms with Gasteiger partial charge in [0, 0.05) is 33.2 Å². The number of aromatic nitrogens is 3. The number of hydrogen-bond donors (Lipinski definition) is 0. The molecule has 0 bridgehead atoms. The summed E-state index contributed by atoms with van der Waals surface area (Å²) in [6, 6.07) is 6.55. The van der Waals surface area contributed by atoms with E-state index in [2.05, 4.69) is 5.10 Å². The maximum absolute atomic E-state index is 14.0. The van der Waals surface area contributed by atoms with Crippen molar-refractivity contribution in [2.45, 2.75) is 11.6 Å². The number of furan rings is 1. The van der Waals surface area contributed by atoms with E-state index in [9.17, 15) is 17.2 Å². The molecule has 0 aliphatic carbocycles. The van der Waals surface area contributed by atoms with E-state index in [1.54, 1.807) is 34.7 Å². The van der Waals surface area contributed by atoms with Gasteiger partial charge in [-0.2, -0.15) is 4.31 Å². The zero-order valence-electron chi connectivity index (χ0n) is 16.0. The minimum absolute atomic E-state index is 0.0985. The second-order valence-corrected chi connectivity index (χ2v) is 9.10. The highest BCUT2D eigenvalue weighted by molar-refractivity contribution is 7.89. The monoisotopic (exact) mass is 455 g/mol. The van der Waals surface area contributed by atoms with Crippen LogP contribution in [0.5, 0.6) is 0 Å². The summed E-state index contributed by atoms with van der Waals surface area (Å²) in [6.07, 6.45) is 1.55. The Labute approximate surface area is 177 Å². The van der Waals surface area contributed by atoms with E-state index in [4.69, 9.17) is 16.6 Å². The molecule has 160 valence electrons. The minimum Gasteiger partial charge on any atom is -0.461 e. The molecule has 1 saturated heterocycles. The van der Waals surface area contributed by atoms with Gasteiger partial charge in [0.05, 0.1) is 12.9 Å². The molecule has 0 saturated carbocycles. The summed E-state index contributed by atoms with van der Waals surface area (Å²) < 4.78 is 63.7. The van der Waals surface area contributed by atoms with Crippen LogP contribution in [0.3, 0.4) is 0 Å². The van der Waals surface area contributed by atoms with E-state index in [1.807, 2.05) is 4.90 Å². The molecule has 0 unspecified atom stereocenters. The fourth-order valence-electron chi connectivity index (χ4n) is 3.36. The van der Waals surface area contributed by atoms with Gasteiger partial charge in [-0.1, -0.05) is 6.07 Å². The summed E-state index contributed by atoms with van der Waals surface area (Å²) in [6.45, 7) is 1.28. The van der Waals surface area contributed by atoms with Gasteiger partial charge in [-0.3, -0.25) is 4.90 Å². The molecule has 0 N–H and O–H groups in total. The molecular weight excluding hydrogens is 436 g/mol. The maximum atomic E-state index is 14.0. The molecule has 0 atom stereocenters. The van der Waals surface area contributed by atoms with E-state index >= 15 is 0 Å². The molecule has 8 nitrogen and oxygen atoms in total. The number of piperazine rings is 1. The van der Waals surface area contributed by atoms with Gasteiger partial charge < -0.3 is 8.98 Å². The molecule has 1 aliphatic heterocycles. The first-order chi connectivity index (χ1) is 14.3. The molecule has 3 heterocycles. The lowest BCUT2D eigenvalue weighted by Crippen LogP contribution is -2.49. The van der Waals surface area contributed by atoms with E-state index in [0.717, 1.165) is 22.5 Å². The number of hydrogen-bond acceptors (Lipinski definition) is 6. The van der Waals surface area contributed by atoms with Crippen molar-refractivity contribution in [1.29, 1.82) is 0 Å². The van der Waals surface area contributed by atoms with E-state index in [0.29, 0.717) is 36.1 Å². The molecule has 3 aromatic rings. The average molecular weight is 456 g/mol. The van der Waals surface area contributed by atoms with Gasteiger partial charge in [0.2, 0.25) is 10.0 Å². The molecule has 1 fully saturated rings. The molecule has 0 spiro atoms. The smallest absolute Gasteiger partial charge is 0.249 e. The molecule has 0 radical (unpaired) electrons. The molecule has 12 heteroatoms. The second-order valence-electron chi connectivity index (χ2n) is 6.86. The van der Waals surface area contributed by atoms with Crippen LogP contribution in [-0.4, -0.2) is 58.1 Å². The van der Waals surface area contributed by atoms with Gasteiger partial charge in [-0.15, -0.1) is 5.10 Å². The lowest BCUT2D eigenvalue weighted by molar-refractivity contribution is 0.144. The highest BCUT2D eigenvalue weighted by atomic mass is 32.2. The maximum Gasteiger partial charge on any atom is 0.249 e. The van der Waals surface area contributed by atoms with Gasteiger partial charge in [-0.05, 0) is 36.5 Å². The van der Waals surface area contributed by atoms with Crippen LogP contribution in [0.15, 0.2) is 45.9 Å². The van der Waals surface area contributed by atoms with Crippen molar-refractivity contribution in [2.75, 3.05) is 26.2 Å². The minimum atomic E-state index is -4.26. The molecule has 4 rings (SSSR count). The predicted octanol–water partition coefficient (Wildman–Crippen LogP) is 2.45. The lowest BCUT2D eigenvalue weighted by Gasteiger charge is -2.33. The van der Waals surface area contributed by atoms with Crippen LogP contribution in [0.4, 0.5) is 8.78 Å². The number of benzene rings is 1. The van der Waals surface area contributed by atoms with Gasteiger partial charge in [0.25, 0.3) is 0 Å². The van der Waals surface area contributed by atoms with Crippen LogP contribution in [0.25, 0.3) is 11.6 Å². The van der Waals surface area contributed by atoms with Crippen molar-refractivity contribution in [3.63, 3.8) is 0 Å². The molecule has 0 amide bonds. The molecule has 2 aromatic heterocycles. The second kappa shape index (κ2) is 8.02. The predicted molar refractivity (Wildman–Crippen MR) is 106 cm³/mol. The molecule has 30 heavy (non-hydrogen) atoms. The molecule has 1 aromatic carbocycles. The first kappa shape index (κ1) is 20.8. The first-order valence-electron chi connectivity index (χ1n) is 9.13. The molecule has 1 aliphatic rings. The summed E-state index contributed by atoms with van der Waals surface area (Å²) in [5, 5.41) is 4.49. The van der Waals surface area contributed by atoms with Crippen molar-refractivity contribution in [2.24, 2.45) is 7.05 Å². The number of sulfonamides is 1. The lowest BCUT2D eigenvalue weighted by atomic mass is 10.3. The zero-order chi connectivity index (χ0) is 21.5. The van der Waals surface area contributed by atoms with Crippen molar-refractivity contribution in [1.82, 2.24) is 23.6 Å². The van der Waals surface area contributed by atoms with Crippen molar-refractivity contribution >= 4 is 22.2 Å². The Kier molecular flexibility index (Phi) is 5.57. The first-order valence-corrected chi connectivity index (χ1v) is 11.0. The van der Waals surface area contributed by atoms with E-state index < -0.39 is 26.6 Å². The van der Waals surface area contributed by atoms with E-state index in [-0.39, 0.29) is 13.1 Å². The fourth-order valence-corrected chi connectivity index (χ4v) is 5.08.